The highest BCUT2D eigenvalue weighted by Crippen LogP contribution is 2.23. The van der Waals surface area contributed by atoms with Gasteiger partial charge in [0.15, 0.2) is 0 Å². The van der Waals surface area contributed by atoms with Crippen molar-refractivity contribution < 1.29 is 18.3 Å². The van der Waals surface area contributed by atoms with Crippen LogP contribution in [0.15, 0.2) is 34.9 Å². The van der Waals surface area contributed by atoms with E-state index in [0.29, 0.717) is 18.8 Å². The summed E-state index contributed by atoms with van der Waals surface area (Å²) in [7, 11) is 1.56. The Kier molecular flexibility index (Phi) is 5.08. The molecule has 0 saturated carbocycles. The number of halogens is 3. The summed E-state index contributed by atoms with van der Waals surface area (Å²) in [6.07, 6.45) is 1.71. The Morgan fingerprint density at radius 2 is 2.14 bits per heavy atom. The summed E-state index contributed by atoms with van der Waals surface area (Å²) in [5, 5.41) is 2.36. The molecule has 2 rings (SSSR count). The first-order valence-corrected chi connectivity index (χ1v) is 6.92. The Balaban J connectivity index is 2.19. The van der Waals surface area contributed by atoms with Crippen molar-refractivity contribution in [2.45, 2.75) is 6.54 Å². The van der Waals surface area contributed by atoms with Crippen LogP contribution in [0.1, 0.15) is 10.5 Å². The van der Waals surface area contributed by atoms with Crippen molar-refractivity contribution in [2.75, 3.05) is 19.0 Å². The van der Waals surface area contributed by atoms with Crippen molar-refractivity contribution in [3.8, 4) is 0 Å². The minimum absolute atomic E-state index is 0.00136. The van der Waals surface area contributed by atoms with Crippen LogP contribution in [0.5, 0.6) is 0 Å². The Morgan fingerprint density at radius 1 is 1.38 bits per heavy atom. The lowest BCUT2D eigenvalue weighted by atomic mass is 10.3. The van der Waals surface area contributed by atoms with E-state index in [9.17, 15) is 13.6 Å². The van der Waals surface area contributed by atoms with Crippen molar-refractivity contribution in [3.05, 3.63) is 52.3 Å². The summed E-state index contributed by atoms with van der Waals surface area (Å²) in [6.45, 7) is 0.930. The highest BCUT2D eigenvalue weighted by molar-refractivity contribution is 9.10. The van der Waals surface area contributed by atoms with Crippen molar-refractivity contribution in [1.29, 1.82) is 0 Å². The summed E-state index contributed by atoms with van der Waals surface area (Å²) in [5.41, 5.74) is 0.134. The zero-order valence-corrected chi connectivity index (χ0v) is 12.8. The van der Waals surface area contributed by atoms with Crippen molar-refractivity contribution in [3.63, 3.8) is 0 Å². The van der Waals surface area contributed by atoms with Gasteiger partial charge in [0.1, 0.15) is 17.3 Å². The molecule has 0 atom stereocenters. The third-order valence-electron chi connectivity index (χ3n) is 2.86. The lowest BCUT2D eigenvalue weighted by molar-refractivity contribution is 0.101. The van der Waals surface area contributed by atoms with Crippen LogP contribution >= 0.6 is 15.9 Å². The molecule has 1 N–H and O–H groups in total. The molecule has 7 heteroatoms. The van der Waals surface area contributed by atoms with Crippen LogP contribution in [-0.2, 0) is 11.3 Å². The molecule has 0 aliphatic heterocycles. The van der Waals surface area contributed by atoms with Crippen LogP contribution in [0.25, 0.3) is 0 Å². The second-order valence-corrected chi connectivity index (χ2v) is 5.13. The molecule has 0 spiro atoms. The zero-order chi connectivity index (χ0) is 15.4. The number of hydrogen-bond acceptors (Lipinski definition) is 2. The molecule has 0 aliphatic carbocycles. The number of ether oxygens (including phenoxy) is 1. The van der Waals surface area contributed by atoms with Crippen LogP contribution in [0.4, 0.5) is 14.5 Å². The fourth-order valence-electron chi connectivity index (χ4n) is 1.81. The van der Waals surface area contributed by atoms with Gasteiger partial charge in [-0.15, -0.1) is 0 Å². The molecule has 0 fully saturated rings. The molecule has 0 saturated heterocycles. The van der Waals surface area contributed by atoms with Gasteiger partial charge in [-0.25, -0.2) is 8.78 Å². The molecule has 112 valence electrons. The third kappa shape index (κ3) is 3.68. The highest BCUT2D eigenvalue weighted by Gasteiger charge is 2.15. The molecule has 0 radical (unpaired) electrons. The smallest absolute Gasteiger partial charge is 0.272 e. The van der Waals surface area contributed by atoms with Crippen molar-refractivity contribution in [2.24, 2.45) is 0 Å². The van der Waals surface area contributed by atoms with Gasteiger partial charge in [-0.2, -0.15) is 0 Å². The van der Waals surface area contributed by atoms with Gasteiger partial charge in [-0.05, 0) is 34.1 Å². The molecular formula is C14H13BrF2N2O2. The number of benzene rings is 1. The quantitative estimate of drug-likeness (QED) is 0.832. The van der Waals surface area contributed by atoms with E-state index in [2.05, 4.69) is 21.2 Å². The Hall–Kier alpha value is -1.73. The van der Waals surface area contributed by atoms with Gasteiger partial charge in [0.25, 0.3) is 5.91 Å². The lowest BCUT2D eigenvalue weighted by Crippen LogP contribution is -2.18. The molecule has 1 heterocycles. The summed E-state index contributed by atoms with van der Waals surface area (Å²) in [5.74, 6) is -1.88. The SMILES string of the molecule is COCCn1cccc1C(=O)Nc1cc(F)c(Br)cc1F. The van der Waals surface area contributed by atoms with Gasteiger partial charge >= 0.3 is 0 Å². The standard InChI is InChI=1S/C14H13BrF2N2O2/c1-21-6-5-19-4-2-3-13(19)14(20)18-12-8-10(16)9(15)7-11(12)17/h2-4,7-8H,5-6H2,1H3,(H,18,20). The van der Waals surface area contributed by atoms with E-state index >= 15 is 0 Å². The summed E-state index contributed by atoms with van der Waals surface area (Å²) in [4.78, 5) is 12.1. The van der Waals surface area contributed by atoms with Crippen LogP contribution in [0.3, 0.4) is 0 Å². The van der Waals surface area contributed by atoms with Gasteiger partial charge in [-0.1, -0.05) is 0 Å². The molecule has 4 nitrogen and oxygen atoms in total. The minimum atomic E-state index is -0.716. The Labute approximate surface area is 128 Å². The summed E-state index contributed by atoms with van der Waals surface area (Å²) < 4.78 is 33.7. The predicted octanol–water partition coefficient (Wildman–Crippen LogP) is 3.43. The topological polar surface area (TPSA) is 43.3 Å². The molecule has 0 aliphatic rings. The number of amides is 1. The van der Waals surface area contributed by atoms with Gasteiger partial charge in [0, 0.05) is 25.9 Å². The van der Waals surface area contributed by atoms with E-state index < -0.39 is 17.5 Å². The van der Waals surface area contributed by atoms with Crippen LogP contribution < -0.4 is 5.32 Å². The van der Waals surface area contributed by atoms with E-state index in [0.717, 1.165) is 12.1 Å². The van der Waals surface area contributed by atoms with E-state index in [4.69, 9.17) is 4.74 Å². The Morgan fingerprint density at radius 3 is 2.86 bits per heavy atom. The number of carbonyl (C=O) groups is 1. The van der Waals surface area contributed by atoms with E-state index in [1.165, 1.54) is 0 Å². The first-order valence-electron chi connectivity index (χ1n) is 6.13. The van der Waals surface area contributed by atoms with Crippen LogP contribution in [0, 0.1) is 11.6 Å². The number of hydrogen-bond donors (Lipinski definition) is 1. The number of methoxy groups -OCH3 is 1. The number of anilines is 1. The molecular weight excluding hydrogens is 346 g/mol. The molecule has 1 amide bonds. The number of aromatic nitrogens is 1. The minimum Gasteiger partial charge on any atom is -0.383 e. The number of rotatable bonds is 5. The fourth-order valence-corrected chi connectivity index (χ4v) is 2.12. The normalized spacial score (nSPS) is 10.7. The van der Waals surface area contributed by atoms with Crippen molar-refractivity contribution in [1.82, 2.24) is 4.57 Å². The first kappa shape index (κ1) is 15.7. The third-order valence-corrected chi connectivity index (χ3v) is 3.46. The lowest BCUT2D eigenvalue weighted by Gasteiger charge is -2.10. The first-order chi connectivity index (χ1) is 10.0. The average molecular weight is 359 g/mol. The zero-order valence-electron chi connectivity index (χ0n) is 11.2. The molecule has 0 unspecified atom stereocenters. The Bertz CT molecular complexity index is 658. The van der Waals surface area contributed by atoms with Crippen LogP contribution in [0.2, 0.25) is 0 Å². The predicted molar refractivity (Wildman–Crippen MR) is 78.3 cm³/mol. The average Bonchev–Trinajstić information content (AvgIpc) is 2.91. The fraction of sp³-hybridized carbons (Fsp3) is 0.214. The summed E-state index contributed by atoms with van der Waals surface area (Å²) in [6, 6.07) is 5.19. The maximum atomic E-state index is 13.7. The van der Waals surface area contributed by atoms with Crippen molar-refractivity contribution >= 4 is 27.5 Å². The number of carbonyl (C=O) groups excluding carboxylic acids is 1. The molecule has 2 aromatic rings. The molecule has 1 aromatic carbocycles. The molecule has 21 heavy (non-hydrogen) atoms. The number of nitrogens with zero attached hydrogens (tertiary/aromatic N) is 1. The van der Waals surface area contributed by atoms with Gasteiger partial charge in [0.05, 0.1) is 16.8 Å². The highest BCUT2D eigenvalue weighted by atomic mass is 79.9. The maximum Gasteiger partial charge on any atom is 0.272 e. The largest absolute Gasteiger partial charge is 0.383 e. The number of nitrogens with one attached hydrogen (secondary N) is 1. The van der Waals surface area contributed by atoms with Crippen LogP contribution in [-0.4, -0.2) is 24.2 Å². The van der Waals surface area contributed by atoms with E-state index in [-0.39, 0.29) is 10.2 Å². The van der Waals surface area contributed by atoms with Gasteiger partial charge in [0.2, 0.25) is 0 Å². The van der Waals surface area contributed by atoms with Gasteiger partial charge in [-0.3, -0.25) is 4.79 Å². The maximum absolute atomic E-state index is 13.7. The molecule has 0 bridgehead atoms. The molecule has 1 aromatic heterocycles. The summed E-state index contributed by atoms with van der Waals surface area (Å²) >= 11 is 2.88. The van der Waals surface area contributed by atoms with E-state index in [1.54, 1.807) is 30.0 Å². The second kappa shape index (κ2) is 6.82. The van der Waals surface area contributed by atoms with E-state index in [1.807, 2.05) is 0 Å². The van der Waals surface area contributed by atoms with Gasteiger partial charge < -0.3 is 14.6 Å². The monoisotopic (exact) mass is 358 g/mol. The second-order valence-electron chi connectivity index (χ2n) is 4.28.